The van der Waals surface area contributed by atoms with E-state index in [0.717, 1.165) is 41.4 Å². The Bertz CT molecular complexity index is 1280. The summed E-state index contributed by atoms with van der Waals surface area (Å²) >= 11 is 0. The van der Waals surface area contributed by atoms with E-state index in [9.17, 15) is 0 Å². The number of ether oxygens (including phenoxy) is 1. The molecular weight excluding hydrogens is 426 g/mol. The highest BCUT2D eigenvalue weighted by Gasteiger charge is 2.18. The van der Waals surface area contributed by atoms with Crippen LogP contribution in [0.15, 0.2) is 54.7 Å². The molecule has 1 atom stereocenters. The van der Waals surface area contributed by atoms with Crippen LogP contribution in [-0.4, -0.2) is 49.2 Å². The average Bonchev–Trinajstić information content (AvgIpc) is 3.51. The predicted octanol–water partition coefficient (Wildman–Crippen LogP) is 4.48. The molecule has 1 aromatic carbocycles. The Labute approximate surface area is 199 Å². The molecule has 0 saturated carbocycles. The van der Waals surface area contributed by atoms with Crippen LogP contribution in [0.3, 0.4) is 0 Å². The van der Waals surface area contributed by atoms with Crippen LogP contribution in [0.25, 0.3) is 22.6 Å². The van der Waals surface area contributed by atoms with Crippen molar-refractivity contribution in [2.45, 2.75) is 45.7 Å². The Kier molecular flexibility index (Phi) is 6.31. The van der Waals surface area contributed by atoms with Gasteiger partial charge < -0.3 is 10.1 Å². The number of hydrogen-bond acceptors (Lipinski definition) is 7. The van der Waals surface area contributed by atoms with Gasteiger partial charge in [0.2, 0.25) is 5.95 Å². The van der Waals surface area contributed by atoms with Crippen LogP contribution < -0.4 is 5.32 Å². The third-order valence-electron chi connectivity index (χ3n) is 5.85. The van der Waals surface area contributed by atoms with E-state index < -0.39 is 0 Å². The van der Waals surface area contributed by atoms with Crippen molar-refractivity contribution in [3.63, 3.8) is 0 Å². The van der Waals surface area contributed by atoms with E-state index >= 15 is 0 Å². The highest BCUT2D eigenvalue weighted by molar-refractivity contribution is 5.68. The van der Waals surface area contributed by atoms with Gasteiger partial charge in [-0.2, -0.15) is 0 Å². The Morgan fingerprint density at radius 1 is 1.03 bits per heavy atom. The van der Waals surface area contributed by atoms with Crippen molar-refractivity contribution in [2.24, 2.45) is 0 Å². The molecule has 4 heterocycles. The number of aromatic nitrogens is 6. The molecule has 1 N–H and O–H groups in total. The molecule has 4 aromatic rings. The van der Waals surface area contributed by atoms with Crippen LogP contribution in [0.5, 0.6) is 0 Å². The van der Waals surface area contributed by atoms with Crippen molar-refractivity contribution in [1.29, 1.82) is 0 Å². The number of hydrogen-bond donors (Lipinski definition) is 1. The minimum Gasteiger partial charge on any atom is -0.379 e. The van der Waals surface area contributed by atoms with Crippen molar-refractivity contribution >= 4 is 5.95 Å². The number of pyridine rings is 1. The SMILES string of the molecule is Cc1cccc(-c2cc(-c3cn(Cc4cccc(C(C)C)n4)nn3)nc(N[C@@H]3CCOC3)n2)c1. The van der Waals surface area contributed by atoms with E-state index in [-0.39, 0.29) is 6.04 Å². The maximum absolute atomic E-state index is 5.51. The topological polar surface area (TPSA) is 90.6 Å². The summed E-state index contributed by atoms with van der Waals surface area (Å²) in [5.41, 5.74) is 6.51. The van der Waals surface area contributed by atoms with E-state index in [2.05, 4.69) is 60.7 Å². The molecule has 0 unspecified atom stereocenters. The minimum absolute atomic E-state index is 0.204. The second-order valence-electron chi connectivity index (χ2n) is 9.05. The van der Waals surface area contributed by atoms with Gasteiger partial charge in [-0.1, -0.05) is 48.9 Å². The van der Waals surface area contributed by atoms with Crippen LogP contribution >= 0.6 is 0 Å². The normalized spacial score (nSPS) is 15.7. The largest absolute Gasteiger partial charge is 0.379 e. The summed E-state index contributed by atoms with van der Waals surface area (Å²) in [7, 11) is 0. The predicted molar refractivity (Wildman–Crippen MR) is 131 cm³/mol. The van der Waals surface area contributed by atoms with E-state index in [1.54, 1.807) is 4.68 Å². The maximum Gasteiger partial charge on any atom is 0.224 e. The molecule has 3 aromatic heterocycles. The van der Waals surface area contributed by atoms with Crippen molar-refractivity contribution in [3.8, 4) is 22.6 Å². The van der Waals surface area contributed by atoms with Crippen molar-refractivity contribution in [2.75, 3.05) is 18.5 Å². The lowest BCUT2D eigenvalue weighted by Gasteiger charge is -2.13. The molecule has 5 rings (SSSR count). The lowest BCUT2D eigenvalue weighted by molar-refractivity contribution is 0.195. The van der Waals surface area contributed by atoms with E-state index in [4.69, 9.17) is 19.7 Å². The molecule has 8 heteroatoms. The van der Waals surface area contributed by atoms with Gasteiger partial charge in [-0.25, -0.2) is 14.6 Å². The first-order chi connectivity index (χ1) is 16.5. The molecule has 174 valence electrons. The summed E-state index contributed by atoms with van der Waals surface area (Å²) < 4.78 is 7.31. The quantitative estimate of drug-likeness (QED) is 0.439. The third kappa shape index (κ3) is 5.12. The van der Waals surface area contributed by atoms with E-state index in [0.29, 0.717) is 30.7 Å². The zero-order chi connectivity index (χ0) is 23.5. The van der Waals surface area contributed by atoms with Gasteiger partial charge in [0.25, 0.3) is 0 Å². The maximum atomic E-state index is 5.51. The number of aryl methyl sites for hydroxylation is 1. The summed E-state index contributed by atoms with van der Waals surface area (Å²) in [6, 6.07) is 16.6. The summed E-state index contributed by atoms with van der Waals surface area (Å²) in [6.07, 6.45) is 2.85. The Hall–Kier alpha value is -3.65. The summed E-state index contributed by atoms with van der Waals surface area (Å²) in [6.45, 7) is 8.32. The average molecular weight is 456 g/mol. The minimum atomic E-state index is 0.204. The van der Waals surface area contributed by atoms with Crippen LogP contribution in [-0.2, 0) is 11.3 Å². The molecule has 0 spiro atoms. The standard InChI is InChI=1S/C26H29N7O/c1-17(2)22-9-5-8-20(27-22)14-33-15-25(31-32-33)24-13-23(19-7-4-6-18(3)12-19)29-26(30-24)28-21-10-11-34-16-21/h4-9,12-13,15,17,21H,10-11,14,16H2,1-3H3,(H,28,29,30)/t21-/m1/s1. The van der Waals surface area contributed by atoms with Crippen molar-refractivity contribution < 1.29 is 4.74 Å². The van der Waals surface area contributed by atoms with Crippen LogP contribution in [0, 0.1) is 6.92 Å². The van der Waals surface area contributed by atoms with Crippen molar-refractivity contribution in [3.05, 3.63) is 71.7 Å². The summed E-state index contributed by atoms with van der Waals surface area (Å²) in [5, 5.41) is 12.2. The zero-order valence-corrected chi connectivity index (χ0v) is 19.8. The first-order valence-electron chi connectivity index (χ1n) is 11.7. The number of benzene rings is 1. The Balaban J connectivity index is 1.46. The number of rotatable bonds is 7. The molecule has 0 radical (unpaired) electrons. The Morgan fingerprint density at radius 3 is 2.68 bits per heavy atom. The molecule has 1 saturated heterocycles. The molecular formula is C26H29N7O. The van der Waals surface area contributed by atoms with Crippen LogP contribution in [0.1, 0.15) is 43.1 Å². The smallest absolute Gasteiger partial charge is 0.224 e. The van der Waals surface area contributed by atoms with Gasteiger partial charge in [0.15, 0.2) is 0 Å². The highest BCUT2D eigenvalue weighted by atomic mass is 16.5. The van der Waals surface area contributed by atoms with Crippen molar-refractivity contribution in [1.82, 2.24) is 29.9 Å². The van der Waals surface area contributed by atoms with Gasteiger partial charge in [-0.05, 0) is 43.5 Å². The number of nitrogens with one attached hydrogen (secondary N) is 1. The monoisotopic (exact) mass is 455 g/mol. The number of anilines is 1. The summed E-state index contributed by atoms with van der Waals surface area (Å²) in [4.78, 5) is 14.3. The fraction of sp³-hybridized carbons (Fsp3) is 0.346. The first kappa shape index (κ1) is 22.2. The van der Waals surface area contributed by atoms with Crippen LogP contribution in [0.2, 0.25) is 0 Å². The molecule has 1 aliphatic heterocycles. The molecule has 0 aliphatic carbocycles. The van der Waals surface area contributed by atoms with E-state index in [1.165, 1.54) is 5.56 Å². The van der Waals surface area contributed by atoms with Gasteiger partial charge in [0.05, 0.1) is 42.5 Å². The fourth-order valence-corrected chi connectivity index (χ4v) is 3.99. The fourth-order valence-electron chi connectivity index (χ4n) is 3.99. The Morgan fingerprint density at radius 2 is 1.88 bits per heavy atom. The lowest BCUT2D eigenvalue weighted by atomic mass is 10.1. The molecule has 8 nitrogen and oxygen atoms in total. The van der Waals surface area contributed by atoms with E-state index in [1.807, 2.05) is 30.5 Å². The second-order valence-corrected chi connectivity index (χ2v) is 9.05. The zero-order valence-electron chi connectivity index (χ0n) is 19.8. The summed E-state index contributed by atoms with van der Waals surface area (Å²) in [5.74, 6) is 0.953. The van der Waals surface area contributed by atoms with Gasteiger partial charge in [0, 0.05) is 17.9 Å². The van der Waals surface area contributed by atoms with Gasteiger partial charge >= 0.3 is 0 Å². The molecule has 1 fully saturated rings. The second kappa shape index (κ2) is 9.69. The molecule has 0 amide bonds. The third-order valence-corrected chi connectivity index (χ3v) is 5.85. The lowest BCUT2D eigenvalue weighted by Crippen LogP contribution is -2.20. The van der Waals surface area contributed by atoms with Crippen LogP contribution in [0.4, 0.5) is 5.95 Å². The molecule has 1 aliphatic rings. The van der Waals surface area contributed by atoms with Gasteiger partial charge in [-0.3, -0.25) is 4.98 Å². The van der Waals surface area contributed by atoms with Gasteiger partial charge in [0.1, 0.15) is 5.69 Å². The molecule has 34 heavy (non-hydrogen) atoms. The first-order valence-corrected chi connectivity index (χ1v) is 11.7. The number of nitrogens with zero attached hydrogens (tertiary/aromatic N) is 6. The van der Waals surface area contributed by atoms with Gasteiger partial charge in [-0.15, -0.1) is 5.10 Å². The highest BCUT2D eigenvalue weighted by Crippen LogP contribution is 2.25. The molecule has 0 bridgehead atoms.